The van der Waals surface area contributed by atoms with Crippen molar-refractivity contribution in [2.45, 2.75) is 32.4 Å². The van der Waals surface area contributed by atoms with Gasteiger partial charge in [-0.15, -0.1) is 0 Å². The molecule has 1 atom stereocenters. The molecular formula is C17H25ClN4O2. The van der Waals surface area contributed by atoms with Gasteiger partial charge in [0.15, 0.2) is 0 Å². The minimum absolute atomic E-state index is 0.0173. The van der Waals surface area contributed by atoms with E-state index in [1.54, 1.807) is 17.0 Å². The van der Waals surface area contributed by atoms with E-state index in [2.05, 4.69) is 16.0 Å². The fraction of sp³-hybridized carbons (Fsp3) is 0.529. The van der Waals surface area contributed by atoms with Crippen molar-refractivity contribution in [1.29, 1.82) is 0 Å². The van der Waals surface area contributed by atoms with Crippen LogP contribution in [0.1, 0.15) is 25.3 Å². The number of carbonyl (C=O) groups is 2. The highest BCUT2D eigenvalue weighted by molar-refractivity contribution is 6.30. The Morgan fingerprint density at radius 2 is 2.04 bits per heavy atom. The fourth-order valence-electron chi connectivity index (χ4n) is 2.59. The standard InChI is InChI=1S/C17H25ClN4O2/c1-2-7-20-17(24)22-9-8-19-15(12-22)10-16(23)21-11-13-3-5-14(18)6-4-13/h3-6,15,19H,2,7-12H2,1H3,(H,20,24)(H,21,23). The molecule has 0 aromatic heterocycles. The van der Waals surface area contributed by atoms with Gasteiger partial charge < -0.3 is 20.9 Å². The van der Waals surface area contributed by atoms with E-state index in [-0.39, 0.29) is 18.0 Å². The Bertz CT molecular complexity index is 550. The Morgan fingerprint density at radius 1 is 1.29 bits per heavy atom. The van der Waals surface area contributed by atoms with Gasteiger partial charge in [-0.2, -0.15) is 0 Å². The second-order valence-electron chi connectivity index (χ2n) is 5.94. The number of benzene rings is 1. The van der Waals surface area contributed by atoms with Crippen LogP contribution in [0.15, 0.2) is 24.3 Å². The molecule has 1 heterocycles. The molecule has 3 amide bonds. The molecular weight excluding hydrogens is 328 g/mol. The summed E-state index contributed by atoms with van der Waals surface area (Å²) in [5.74, 6) is -0.0294. The number of rotatable bonds is 6. The van der Waals surface area contributed by atoms with Crippen molar-refractivity contribution in [1.82, 2.24) is 20.9 Å². The quantitative estimate of drug-likeness (QED) is 0.730. The first-order valence-electron chi connectivity index (χ1n) is 8.35. The van der Waals surface area contributed by atoms with Crippen molar-refractivity contribution in [3.05, 3.63) is 34.9 Å². The minimum Gasteiger partial charge on any atom is -0.352 e. The number of amides is 3. The Balaban J connectivity index is 1.74. The number of nitrogens with zero attached hydrogens (tertiary/aromatic N) is 1. The smallest absolute Gasteiger partial charge is 0.317 e. The summed E-state index contributed by atoms with van der Waals surface area (Å²) >= 11 is 5.84. The minimum atomic E-state index is -0.0510. The summed E-state index contributed by atoms with van der Waals surface area (Å²) in [6.07, 6.45) is 1.26. The third-order valence-corrected chi connectivity index (χ3v) is 4.16. The molecule has 1 saturated heterocycles. The van der Waals surface area contributed by atoms with Gasteiger partial charge in [0.25, 0.3) is 0 Å². The van der Waals surface area contributed by atoms with Gasteiger partial charge in [0.2, 0.25) is 5.91 Å². The van der Waals surface area contributed by atoms with Gasteiger partial charge in [0.1, 0.15) is 0 Å². The van der Waals surface area contributed by atoms with Gasteiger partial charge in [0, 0.05) is 50.2 Å². The average molecular weight is 353 g/mol. The highest BCUT2D eigenvalue weighted by Gasteiger charge is 2.24. The summed E-state index contributed by atoms with van der Waals surface area (Å²) in [4.78, 5) is 25.9. The Labute approximate surface area is 147 Å². The lowest BCUT2D eigenvalue weighted by molar-refractivity contribution is -0.121. The van der Waals surface area contributed by atoms with Gasteiger partial charge in [0.05, 0.1) is 0 Å². The first-order valence-corrected chi connectivity index (χ1v) is 8.73. The highest BCUT2D eigenvalue weighted by atomic mass is 35.5. The predicted molar refractivity (Wildman–Crippen MR) is 95.0 cm³/mol. The monoisotopic (exact) mass is 352 g/mol. The van der Waals surface area contributed by atoms with E-state index in [1.165, 1.54) is 0 Å². The van der Waals surface area contributed by atoms with Gasteiger partial charge in [-0.05, 0) is 24.1 Å². The van der Waals surface area contributed by atoms with E-state index in [4.69, 9.17) is 11.6 Å². The van der Waals surface area contributed by atoms with Crippen LogP contribution in [0.4, 0.5) is 4.79 Å². The molecule has 1 aliphatic heterocycles. The number of piperazine rings is 1. The summed E-state index contributed by atoms with van der Waals surface area (Å²) in [5, 5.41) is 9.75. The molecule has 1 aromatic carbocycles. The van der Waals surface area contributed by atoms with Crippen LogP contribution in [0.5, 0.6) is 0 Å². The molecule has 132 valence electrons. The van der Waals surface area contributed by atoms with Crippen molar-refractivity contribution in [3.8, 4) is 0 Å². The van der Waals surface area contributed by atoms with Gasteiger partial charge in [-0.25, -0.2) is 4.79 Å². The number of carbonyl (C=O) groups excluding carboxylic acids is 2. The van der Waals surface area contributed by atoms with E-state index in [0.29, 0.717) is 44.2 Å². The molecule has 24 heavy (non-hydrogen) atoms. The van der Waals surface area contributed by atoms with Crippen molar-refractivity contribution in [2.75, 3.05) is 26.2 Å². The average Bonchev–Trinajstić information content (AvgIpc) is 2.59. The third kappa shape index (κ3) is 6.02. The van der Waals surface area contributed by atoms with Crippen LogP contribution in [-0.4, -0.2) is 49.1 Å². The van der Waals surface area contributed by atoms with Gasteiger partial charge in [-0.1, -0.05) is 30.7 Å². The van der Waals surface area contributed by atoms with Crippen molar-refractivity contribution < 1.29 is 9.59 Å². The topological polar surface area (TPSA) is 73.5 Å². The second kappa shape index (κ2) is 9.49. The number of hydrogen-bond acceptors (Lipinski definition) is 3. The number of urea groups is 1. The Morgan fingerprint density at radius 3 is 2.75 bits per heavy atom. The first-order chi connectivity index (χ1) is 11.6. The number of hydrogen-bond donors (Lipinski definition) is 3. The van der Waals surface area contributed by atoms with E-state index in [9.17, 15) is 9.59 Å². The summed E-state index contributed by atoms with van der Waals surface area (Å²) in [7, 11) is 0. The maximum atomic E-state index is 12.1. The fourth-order valence-corrected chi connectivity index (χ4v) is 2.72. The van der Waals surface area contributed by atoms with Gasteiger partial charge in [-0.3, -0.25) is 4.79 Å². The maximum Gasteiger partial charge on any atom is 0.317 e. The number of nitrogens with one attached hydrogen (secondary N) is 3. The molecule has 0 aliphatic carbocycles. The molecule has 6 nitrogen and oxygen atoms in total. The molecule has 0 saturated carbocycles. The van der Waals surface area contributed by atoms with E-state index >= 15 is 0 Å². The molecule has 1 fully saturated rings. The lowest BCUT2D eigenvalue weighted by Crippen LogP contribution is -2.56. The van der Waals surface area contributed by atoms with Crippen LogP contribution >= 0.6 is 11.6 Å². The molecule has 1 unspecified atom stereocenters. The van der Waals surface area contributed by atoms with E-state index < -0.39 is 0 Å². The first kappa shape index (κ1) is 18.5. The molecule has 0 bridgehead atoms. The van der Waals surface area contributed by atoms with Crippen LogP contribution in [0.2, 0.25) is 5.02 Å². The SMILES string of the molecule is CCCNC(=O)N1CCNC(CC(=O)NCc2ccc(Cl)cc2)C1. The zero-order valence-electron chi connectivity index (χ0n) is 14.0. The summed E-state index contributed by atoms with van der Waals surface area (Å²) in [6.45, 7) is 5.08. The third-order valence-electron chi connectivity index (χ3n) is 3.90. The molecule has 0 radical (unpaired) electrons. The normalized spacial score (nSPS) is 17.4. The van der Waals surface area contributed by atoms with Crippen LogP contribution in [0.25, 0.3) is 0 Å². The molecule has 3 N–H and O–H groups in total. The zero-order chi connectivity index (χ0) is 17.4. The predicted octanol–water partition coefficient (Wildman–Crippen LogP) is 1.74. The van der Waals surface area contributed by atoms with E-state index in [0.717, 1.165) is 12.0 Å². The van der Waals surface area contributed by atoms with Crippen molar-refractivity contribution >= 4 is 23.5 Å². The van der Waals surface area contributed by atoms with Crippen LogP contribution in [0, 0.1) is 0 Å². The van der Waals surface area contributed by atoms with Crippen LogP contribution in [-0.2, 0) is 11.3 Å². The van der Waals surface area contributed by atoms with Crippen molar-refractivity contribution in [3.63, 3.8) is 0 Å². The summed E-state index contributed by atoms with van der Waals surface area (Å²) in [6, 6.07) is 7.32. The van der Waals surface area contributed by atoms with Crippen molar-refractivity contribution in [2.24, 2.45) is 0 Å². The summed E-state index contributed by atoms with van der Waals surface area (Å²) < 4.78 is 0. The molecule has 7 heteroatoms. The van der Waals surface area contributed by atoms with Gasteiger partial charge >= 0.3 is 6.03 Å². The lowest BCUT2D eigenvalue weighted by Gasteiger charge is -2.33. The molecule has 2 rings (SSSR count). The number of halogens is 1. The zero-order valence-corrected chi connectivity index (χ0v) is 14.7. The lowest BCUT2D eigenvalue weighted by atomic mass is 10.1. The Hall–Kier alpha value is -1.79. The van der Waals surface area contributed by atoms with E-state index in [1.807, 2.05) is 19.1 Å². The molecule has 0 spiro atoms. The largest absolute Gasteiger partial charge is 0.352 e. The van der Waals surface area contributed by atoms with Crippen LogP contribution < -0.4 is 16.0 Å². The molecule has 1 aromatic rings. The maximum absolute atomic E-state index is 12.1. The second-order valence-corrected chi connectivity index (χ2v) is 6.37. The summed E-state index contributed by atoms with van der Waals surface area (Å²) in [5.41, 5.74) is 1.00. The van der Waals surface area contributed by atoms with Crippen LogP contribution in [0.3, 0.4) is 0 Å². The Kier molecular flexibility index (Phi) is 7.34. The molecule has 1 aliphatic rings. The highest BCUT2D eigenvalue weighted by Crippen LogP contribution is 2.09.